The lowest BCUT2D eigenvalue weighted by Crippen LogP contribution is -2.12. The van der Waals surface area contributed by atoms with E-state index >= 15 is 0 Å². The van der Waals surface area contributed by atoms with Crippen molar-refractivity contribution >= 4 is 0 Å². The molecule has 0 bridgehead atoms. The third-order valence-corrected chi connectivity index (χ3v) is 4.38. The molecule has 3 heterocycles. The molecular weight excluding hydrogens is 292 g/mol. The minimum Gasteiger partial charge on any atom is -0.493 e. The molecule has 0 radical (unpaired) electrons. The lowest BCUT2D eigenvalue weighted by Gasteiger charge is -2.22. The standard InChI is InChI=1S/C17H18N4O2/c1-10-20-16(13-8-18-9-19-13)17-12-7-15(23-3)14(22-2)6-11(12)4-5-21(10)17/h6-9H,4-5H2,1-3H3,(H,18,19). The van der Waals surface area contributed by atoms with Crippen LogP contribution in [0.25, 0.3) is 22.6 Å². The summed E-state index contributed by atoms with van der Waals surface area (Å²) >= 11 is 0. The lowest BCUT2D eigenvalue weighted by atomic mass is 9.95. The summed E-state index contributed by atoms with van der Waals surface area (Å²) in [6.07, 6.45) is 4.43. The molecule has 2 aromatic heterocycles. The lowest BCUT2D eigenvalue weighted by molar-refractivity contribution is 0.354. The third-order valence-electron chi connectivity index (χ3n) is 4.38. The molecule has 0 saturated carbocycles. The van der Waals surface area contributed by atoms with E-state index in [4.69, 9.17) is 14.5 Å². The van der Waals surface area contributed by atoms with Crippen LogP contribution in [0.3, 0.4) is 0 Å². The number of hydrogen-bond donors (Lipinski definition) is 1. The minimum atomic E-state index is 0.731. The summed E-state index contributed by atoms with van der Waals surface area (Å²) in [5, 5.41) is 0. The molecule has 3 aromatic rings. The van der Waals surface area contributed by atoms with E-state index < -0.39 is 0 Å². The number of imidazole rings is 2. The topological polar surface area (TPSA) is 65.0 Å². The van der Waals surface area contributed by atoms with Crippen LogP contribution >= 0.6 is 0 Å². The first-order valence-electron chi connectivity index (χ1n) is 7.54. The zero-order valence-corrected chi connectivity index (χ0v) is 13.4. The molecule has 0 atom stereocenters. The van der Waals surface area contributed by atoms with Crippen LogP contribution in [0.15, 0.2) is 24.7 Å². The van der Waals surface area contributed by atoms with E-state index in [1.54, 1.807) is 26.7 Å². The average Bonchev–Trinajstić information content (AvgIpc) is 3.21. The monoisotopic (exact) mass is 310 g/mol. The second-order valence-corrected chi connectivity index (χ2v) is 5.59. The normalized spacial score (nSPS) is 12.7. The Morgan fingerprint density at radius 3 is 2.65 bits per heavy atom. The van der Waals surface area contributed by atoms with Crippen LogP contribution in [0.2, 0.25) is 0 Å². The van der Waals surface area contributed by atoms with Gasteiger partial charge in [0.2, 0.25) is 0 Å². The number of aryl methyl sites for hydroxylation is 2. The van der Waals surface area contributed by atoms with Crippen LogP contribution in [-0.2, 0) is 13.0 Å². The van der Waals surface area contributed by atoms with Gasteiger partial charge in [0.1, 0.15) is 11.5 Å². The van der Waals surface area contributed by atoms with Crippen molar-refractivity contribution in [3.05, 3.63) is 36.0 Å². The molecule has 1 aliphatic heterocycles. The maximum Gasteiger partial charge on any atom is 0.161 e. The van der Waals surface area contributed by atoms with Gasteiger partial charge in [-0.05, 0) is 31.0 Å². The van der Waals surface area contributed by atoms with Gasteiger partial charge in [0.15, 0.2) is 11.5 Å². The first kappa shape index (κ1) is 13.9. The highest BCUT2D eigenvalue weighted by molar-refractivity contribution is 5.81. The number of H-pyrrole nitrogens is 1. The van der Waals surface area contributed by atoms with Gasteiger partial charge in [0.05, 0.1) is 38.1 Å². The third kappa shape index (κ3) is 2.02. The average molecular weight is 310 g/mol. The molecule has 1 aromatic carbocycles. The predicted molar refractivity (Wildman–Crippen MR) is 86.8 cm³/mol. The van der Waals surface area contributed by atoms with Gasteiger partial charge in [0.25, 0.3) is 0 Å². The van der Waals surface area contributed by atoms with Crippen LogP contribution in [0.1, 0.15) is 11.4 Å². The fraction of sp³-hybridized carbons (Fsp3) is 0.294. The molecule has 0 unspecified atom stereocenters. The Kier molecular flexibility index (Phi) is 3.11. The van der Waals surface area contributed by atoms with Crippen molar-refractivity contribution < 1.29 is 9.47 Å². The second kappa shape index (κ2) is 5.15. The van der Waals surface area contributed by atoms with Crippen LogP contribution in [0.5, 0.6) is 11.5 Å². The van der Waals surface area contributed by atoms with Crippen LogP contribution < -0.4 is 9.47 Å². The highest BCUT2D eigenvalue weighted by atomic mass is 16.5. The van der Waals surface area contributed by atoms with E-state index in [2.05, 4.69) is 20.6 Å². The molecule has 6 nitrogen and oxygen atoms in total. The largest absolute Gasteiger partial charge is 0.493 e. The zero-order chi connectivity index (χ0) is 16.0. The molecule has 1 aliphatic rings. The van der Waals surface area contributed by atoms with Gasteiger partial charge in [-0.25, -0.2) is 9.97 Å². The van der Waals surface area contributed by atoms with Crippen molar-refractivity contribution in [3.8, 4) is 34.1 Å². The Balaban J connectivity index is 1.98. The van der Waals surface area contributed by atoms with E-state index in [1.165, 1.54) is 5.56 Å². The molecule has 0 fully saturated rings. The minimum absolute atomic E-state index is 0.731. The van der Waals surface area contributed by atoms with E-state index in [1.807, 2.05) is 13.0 Å². The Bertz CT molecular complexity index is 865. The summed E-state index contributed by atoms with van der Waals surface area (Å²) < 4.78 is 13.2. The molecule has 118 valence electrons. The molecular formula is C17H18N4O2. The number of aromatic amines is 1. The Morgan fingerprint density at radius 2 is 1.96 bits per heavy atom. The predicted octanol–water partition coefficient (Wildman–Crippen LogP) is 2.82. The first-order valence-corrected chi connectivity index (χ1v) is 7.54. The number of fused-ring (bicyclic) bond motifs is 3. The van der Waals surface area contributed by atoms with Crippen molar-refractivity contribution in [1.29, 1.82) is 0 Å². The summed E-state index contributed by atoms with van der Waals surface area (Å²) in [5.74, 6) is 2.50. The van der Waals surface area contributed by atoms with Crippen molar-refractivity contribution in [2.45, 2.75) is 19.9 Å². The molecule has 0 saturated heterocycles. The molecule has 6 heteroatoms. The number of ether oxygens (including phenoxy) is 2. The quantitative estimate of drug-likeness (QED) is 0.808. The van der Waals surface area contributed by atoms with Gasteiger partial charge < -0.3 is 19.0 Å². The number of nitrogens with one attached hydrogen (secondary N) is 1. The SMILES string of the molecule is COc1cc2c(cc1OC)-c1c(-c3cnc[nH]3)nc(C)n1CC2. The maximum atomic E-state index is 5.48. The molecule has 23 heavy (non-hydrogen) atoms. The van der Waals surface area contributed by atoms with Gasteiger partial charge in [0, 0.05) is 12.1 Å². The summed E-state index contributed by atoms with van der Waals surface area (Å²) in [4.78, 5) is 12.0. The summed E-state index contributed by atoms with van der Waals surface area (Å²) in [6, 6.07) is 4.11. The van der Waals surface area contributed by atoms with Crippen LogP contribution in [0, 0.1) is 6.92 Å². The number of hydrogen-bond acceptors (Lipinski definition) is 4. The number of nitrogens with zero attached hydrogens (tertiary/aromatic N) is 3. The molecule has 4 rings (SSSR count). The van der Waals surface area contributed by atoms with Gasteiger partial charge in [-0.15, -0.1) is 0 Å². The van der Waals surface area contributed by atoms with Crippen LogP contribution in [0.4, 0.5) is 0 Å². The molecule has 0 aliphatic carbocycles. The molecule has 1 N–H and O–H groups in total. The first-order chi connectivity index (χ1) is 11.2. The van der Waals surface area contributed by atoms with Crippen molar-refractivity contribution in [3.63, 3.8) is 0 Å². The molecule has 0 amide bonds. The summed E-state index contributed by atoms with van der Waals surface area (Å²) in [7, 11) is 3.32. The van der Waals surface area contributed by atoms with Crippen LogP contribution in [-0.4, -0.2) is 33.7 Å². The van der Waals surface area contributed by atoms with Gasteiger partial charge in [-0.1, -0.05) is 0 Å². The van der Waals surface area contributed by atoms with E-state index in [0.29, 0.717) is 0 Å². The van der Waals surface area contributed by atoms with Gasteiger partial charge in [-0.2, -0.15) is 0 Å². The van der Waals surface area contributed by atoms with Crippen molar-refractivity contribution in [2.24, 2.45) is 0 Å². The number of benzene rings is 1. The van der Waals surface area contributed by atoms with E-state index in [-0.39, 0.29) is 0 Å². The van der Waals surface area contributed by atoms with E-state index in [9.17, 15) is 0 Å². The Hall–Kier alpha value is -2.76. The number of aromatic nitrogens is 4. The highest BCUT2D eigenvalue weighted by Crippen LogP contribution is 2.42. The Morgan fingerprint density at radius 1 is 1.17 bits per heavy atom. The van der Waals surface area contributed by atoms with Crippen molar-refractivity contribution in [2.75, 3.05) is 14.2 Å². The van der Waals surface area contributed by atoms with Gasteiger partial charge in [-0.3, -0.25) is 0 Å². The Labute approximate surface area is 134 Å². The maximum absolute atomic E-state index is 5.48. The summed E-state index contributed by atoms with van der Waals surface area (Å²) in [5.41, 5.74) is 5.33. The molecule has 0 spiro atoms. The highest BCUT2D eigenvalue weighted by Gasteiger charge is 2.26. The van der Waals surface area contributed by atoms with Crippen molar-refractivity contribution in [1.82, 2.24) is 19.5 Å². The van der Waals surface area contributed by atoms with Gasteiger partial charge >= 0.3 is 0 Å². The second-order valence-electron chi connectivity index (χ2n) is 5.59. The fourth-order valence-electron chi connectivity index (χ4n) is 3.27. The zero-order valence-electron chi connectivity index (χ0n) is 13.4. The fourth-order valence-corrected chi connectivity index (χ4v) is 3.27. The smallest absolute Gasteiger partial charge is 0.161 e. The number of rotatable bonds is 3. The van der Waals surface area contributed by atoms with E-state index in [0.717, 1.165) is 52.9 Å². The number of methoxy groups -OCH3 is 2. The summed E-state index contributed by atoms with van der Waals surface area (Å²) in [6.45, 7) is 2.94.